The summed E-state index contributed by atoms with van der Waals surface area (Å²) in [4.78, 5) is 34.4. The molecule has 1 atom stereocenters. The van der Waals surface area contributed by atoms with Crippen LogP contribution in [0.4, 0.5) is 11.4 Å². The van der Waals surface area contributed by atoms with E-state index in [1.54, 1.807) is 11.9 Å². The Labute approximate surface area is 120 Å². The number of anilines is 1. The van der Waals surface area contributed by atoms with Gasteiger partial charge in [0.15, 0.2) is 0 Å². The zero-order valence-electron chi connectivity index (χ0n) is 11.4. The predicted octanol–water partition coefficient (Wildman–Crippen LogP) is 1.33. The first-order valence-electron chi connectivity index (χ1n) is 6.40. The van der Waals surface area contributed by atoms with Crippen molar-refractivity contribution in [1.82, 2.24) is 4.90 Å². The molecule has 2 rings (SSSR count). The highest BCUT2D eigenvalue weighted by Gasteiger charge is 2.25. The van der Waals surface area contributed by atoms with Crippen molar-refractivity contribution in [2.45, 2.75) is 18.9 Å². The number of hydrogen-bond donors (Lipinski definition) is 2. The Bertz CT molecular complexity index is 601. The topological polar surface area (TPSA) is 113 Å². The van der Waals surface area contributed by atoms with Crippen molar-refractivity contribution in [3.05, 3.63) is 33.9 Å². The predicted molar refractivity (Wildman–Crippen MR) is 74.3 cm³/mol. The number of nitrogens with one attached hydrogen (secondary N) is 1. The Morgan fingerprint density at radius 2 is 2.24 bits per heavy atom. The molecular formula is C13H15N3O5. The monoisotopic (exact) mass is 293 g/mol. The summed E-state index contributed by atoms with van der Waals surface area (Å²) in [5, 5.41) is 23.0. The van der Waals surface area contributed by atoms with Crippen LogP contribution in [-0.2, 0) is 4.79 Å². The number of carboxylic acids is 1. The Morgan fingerprint density at radius 3 is 2.81 bits per heavy atom. The van der Waals surface area contributed by atoms with Crippen LogP contribution in [-0.4, -0.2) is 46.4 Å². The maximum atomic E-state index is 11.4. The molecule has 1 amide bonds. The van der Waals surface area contributed by atoms with E-state index in [0.29, 0.717) is 19.4 Å². The molecule has 112 valence electrons. The molecule has 8 nitrogen and oxygen atoms in total. The molecule has 1 heterocycles. The van der Waals surface area contributed by atoms with E-state index < -0.39 is 10.9 Å². The van der Waals surface area contributed by atoms with Crippen LogP contribution in [0, 0.1) is 10.1 Å². The number of likely N-dealkylation sites (N-methyl/N-ethyl adjacent to an activating group) is 1. The molecule has 0 aliphatic carbocycles. The summed E-state index contributed by atoms with van der Waals surface area (Å²) in [5.74, 6) is -1.12. The number of benzene rings is 1. The fraction of sp³-hybridized carbons (Fsp3) is 0.385. The van der Waals surface area contributed by atoms with Crippen LogP contribution < -0.4 is 5.32 Å². The van der Waals surface area contributed by atoms with Gasteiger partial charge in [0.25, 0.3) is 5.69 Å². The van der Waals surface area contributed by atoms with Crippen molar-refractivity contribution >= 4 is 23.3 Å². The quantitative estimate of drug-likeness (QED) is 0.639. The van der Waals surface area contributed by atoms with Gasteiger partial charge in [-0.1, -0.05) is 0 Å². The minimum atomic E-state index is -1.15. The molecule has 2 N–H and O–H groups in total. The van der Waals surface area contributed by atoms with E-state index in [2.05, 4.69) is 5.32 Å². The van der Waals surface area contributed by atoms with Crippen LogP contribution in [0.25, 0.3) is 0 Å². The van der Waals surface area contributed by atoms with E-state index in [4.69, 9.17) is 5.11 Å². The summed E-state index contributed by atoms with van der Waals surface area (Å²) < 4.78 is 0. The number of likely N-dealkylation sites (tertiary alicyclic amines) is 1. The van der Waals surface area contributed by atoms with Gasteiger partial charge in [-0.2, -0.15) is 0 Å². The van der Waals surface area contributed by atoms with E-state index in [9.17, 15) is 19.7 Å². The fourth-order valence-electron chi connectivity index (χ4n) is 2.29. The third kappa shape index (κ3) is 3.28. The Kier molecular flexibility index (Phi) is 4.06. The molecule has 1 aliphatic rings. The number of nitrogens with zero attached hydrogens (tertiary/aromatic N) is 2. The number of nitro benzene ring substituents is 1. The van der Waals surface area contributed by atoms with Gasteiger partial charge in [0.2, 0.25) is 5.91 Å². The largest absolute Gasteiger partial charge is 0.478 e. The maximum absolute atomic E-state index is 11.4. The number of carbonyl (C=O) groups excluding carboxylic acids is 1. The summed E-state index contributed by atoms with van der Waals surface area (Å²) in [7, 11) is 1.66. The maximum Gasteiger partial charge on any atom is 0.335 e. The lowest BCUT2D eigenvalue weighted by Crippen LogP contribution is -2.43. The van der Waals surface area contributed by atoms with Gasteiger partial charge in [-0.05, 0) is 18.6 Å². The van der Waals surface area contributed by atoms with Gasteiger partial charge in [0, 0.05) is 32.1 Å². The zero-order valence-corrected chi connectivity index (χ0v) is 11.4. The van der Waals surface area contributed by atoms with Gasteiger partial charge in [-0.25, -0.2) is 4.79 Å². The van der Waals surface area contributed by atoms with Crippen LogP contribution in [0.2, 0.25) is 0 Å². The molecule has 0 radical (unpaired) electrons. The first-order chi connectivity index (χ1) is 9.88. The lowest BCUT2D eigenvalue weighted by Gasteiger charge is -2.30. The Morgan fingerprint density at radius 1 is 1.52 bits per heavy atom. The van der Waals surface area contributed by atoms with Crippen LogP contribution in [0.1, 0.15) is 23.2 Å². The van der Waals surface area contributed by atoms with E-state index in [1.807, 2.05) is 0 Å². The molecule has 8 heteroatoms. The van der Waals surface area contributed by atoms with Crippen LogP contribution >= 0.6 is 0 Å². The number of aromatic carboxylic acids is 1. The second-order valence-electron chi connectivity index (χ2n) is 4.95. The summed E-state index contributed by atoms with van der Waals surface area (Å²) in [5.41, 5.74) is -0.0458. The zero-order chi connectivity index (χ0) is 15.6. The number of carbonyl (C=O) groups is 2. The Hall–Kier alpha value is -2.64. The normalized spacial score (nSPS) is 18.4. The molecule has 21 heavy (non-hydrogen) atoms. The first-order valence-corrected chi connectivity index (χ1v) is 6.40. The Balaban J connectivity index is 2.25. The van der Waals surface area contributed by atoms with Crippen molar-refractivity contribution in [3.63, 3.8) is 0 Å². The highest BCUT2D eigenvalue weighted by molar-refractivity contribution is 5.90. The average molecular weight is 293 g/mol. The van der Waals surface area contributed by atoms with Crippen LogP contribution in [0.5, 0.6) is 0 Å². The molecule has 1 aromatic rings. The van der Waals surface area contributed by atoms with Crippen molar-refractivity contribution in [3.8, 4) is 0 Å². The smallest absolute Gasteiger partial charge is 0.335 e. The highest BCUT2D eigenvalue weighted by atomic mass is 16.6. The first kappa shape index (κ1) is 14.8. The average Bonchev–Trinajstić information content (AvgIpc) is 2.42. The molecule has 1 fully saturated rings. The fourth-order valence-corrected chi connectivity index (χ4v) is 2.29. The molecule has 0 saturated carbocycles. The van der Waals surface area contributed by atoms with E-state index in [-0.39, 0.29) is 28.9 Å². The number of carboxylic acid groups (broad SMARTS) is 1. The van der Waals surface area contributed by atoms with Crippen molar-refractivity contribution in [2.24, 2.45) is 0 Å². The third-order valence-corrected chi connectivity index (χ3v) is 3.43. The standard InChI is InChI=1S/C13H15N3O5/c1-15-7-9(3-5-12(15)17)14-10-6-8(13(18)19)2-4-11(10)16(20)21/h2,4,6,9,14H,3,5,7H2,1H3,(H,18,19). The summed E-state index contributed by atoms with van der Waals surface area (Å²) >= 11 is 0. The summed E-state index contributed by atoms with van der Waals surface area (Å²) in [6.07, 6.45) is 0.915. The second kappa shape index (κ2) is 5.78. The number of nitro groups is 1. The lowest BCUT2D eigenvalue weighted by atomic mass is 10.0. The van der Waals surface area contributed by atoms with Crippen LogP contribution in [0.15, 0.2) is 18.2 Å². The second-order valence-corrected chi connectivity index (χ2v) is 4.95. The van der Waals surface area contributed by atoms with Gasteiger partial charge < -0.3 is 15.3 Å². The van der Waals surface area contributed by atoms with Crippen molar-refractivity contribution < 1.29 is 19.6 Å². The molecule has 0 bridgehead atoms. The van der Waals surface area contributed by atoms with E-state index in [1.165, 1.54) is 18.2 Å². The van der Waals surface area contributed by atoms with Gasteiger partial charge in [-0.3, -0.25) is 14.9 Å². The molecule has 1 aromatic carbocycles. The molecule has 0 spiro atoms. The van der Waals surface area contributed by atoms with Gasteiger partial charge in [0.1, 0.15) is 5.69 Å². The summed E-state index contributed by atoms with van der Waals surface area (Å²) in [6, 6.07) is 3.47. The third-order valence-electron chi connectivity index (χ3n) is 3.43. The molecule has 1 saturated heterocycles. The lowest BCUT2D eigenvalue weighted by molar-refractivity contribution is -0.384. The van der Waals surface area contributed by atoms with Crippen LogP contribution in [0.3, 0.4) is 0 Å². The van der Waals surface area contributed by atoms with Gasteiger partial charge in [-0.15, -0.1) is 0 Å². The molecular weight excluding hydrogens is 278 g/mol. The minimum absolute atomic E-state index is 0.0247. The number of hydrogen-bond acceptors (Lipinski definition) is 5. The van der Waals surface area contributed by atoms with Gasteiger partial charge >= 0.3 is 5.97 Å². The van der Waals surface area contributed by atoms with E-state index in [0.717, 1.165) is 0 Å². The summed E-state index contributed by atoms with van der Waals surface area (Å²) in [6.45, 7) is 0.424. The van der Waals surface area contributed by atoms with Crippen molar-refractivity contribution in [2.75, 3.05) is 18.9 Å². The molecule has 0 aromatic heterocycles. The molecule has 1 unspecified atom stereocenters. The highest BCUT2D eigenvalue weighted by Crippen LogP contribution is 2.27. The van der Waals surface area contributed by atoms with E-state index >= 15 is 0 Å². The number of rotatable bonds is 4. The molecule has 1 aliphatic heterocycles. The van der Waals surface area contributed by atoms with Gasteiger partial charge in [0.05, 0.1) is 10.5 Å². The minimum Gasteiger partial charge on any atom is -0.478 e. The number of amides is 1. The SMILES string of the molecule is CN1CC(Nc2cc(C(=O)O)ccc2[N+](=O)[O-])CCC1=O. The number of piperidine rings is 1. The van der Waals surface area contributed by atoms with Crippen molar-refractivity contribution in [1.29, 1.82) is 0 Å².